The molecule has 0 aliphatic heterocycles. The van der Waals surface area contributed by atoms with Crippen molar-refractivity contribution in [1.82, 2.24) is 0 Å². The fourth-order valence-electron chi connectivity index (χ4n) is 1.55. The molecule has 0 bridgehead atoms. The molecule has 0 saturated heterocycles. The van der Waals surface area contributed by atoms with E-state index >= 15 is 0 Å². The van der Waals surface area contributed by atoms with E-state index in [1.54, 1.807) is 7.11 Å². The van der Waals surface area contributed by atoms with Gasteiger partial charge in [-0.3, -0.25) is 0 Å². The Kier molecular flexibility index (Phi) is 3.65. The van der Waals surface area contributed by atoms with E-state index in [-0.39, 0.29) is 0 Å². The van der Waals surface area contributed by atoms with Gasteiger partial charge in [0.25, 0.3) is 0 Å². The number of benzene rings is 1. The van der Waals surface area contributed by atoms with Crippen molar-refractivity contribution >= 4 is 15.9 Å². The summed E-state index contributed by atoms with van der Waals surface area (Å²) in [6.07, 6.45) is 4.25. The van der Waals surface area contributed by atoms with E-state index in [0.717, 1.165) is 10.2 Å². The zero-order chi connectivity index (χ0) is 10.7. The number of hydrogen-bond acceptors (Lipinski definition) is 2. The van der Waals surface area contributed by atoms with Gasteiger partial charge in [-0.05, 0) is 52.9 Å². The second-order valence-electron chi connectivity index (χ2n) is 3.83. The van der Waals surface area contributed by atoms with Gasteiger partial charge < -0.3 is 9.47 Å². The van der Waals surface area contributed by atoms with Crippen molar-refractivity contribution in [2.75, 3.05) is 7.11 Å². The van der Waals surface area contributed by atoms with E-state index in [2.05, 4.69) is 22.0 Å². The molecule has 1 aliphatic rings. The summed E-state index contributed by atoms with van der Waals surface area (Å²) >= 11 is 3.46. The molecule has 0 heterocycles. The van der Waals surface area contributed by atoms with Crippen molar-refractivity contribution in [3.8, 4) is 5.75 Å². The Hall–Kier alpha value is -0.540. The summed E-state index contributed by atoms with van der Waals surface area (Å²) < 4.78 is 11.9. The average Bonchev–Trinajstić information content (AvgIpc) is 2.16. The molecule has 1 aromatic carbocycles. The topological polar surface area (TPSA) is 18.5 Å². The largest absolute Gasteiger partial charge is 0.496 e. The normalized spacial score (nSPS) is 16.1. The van der Waals surface area contributed by atoms with Crippen LogP contribution in [0.15, 0.2) is 22.7 Å². The Balaban J connectivity index is 1.93. The van der Waals surface area contributed by atoms with Gasteiger partial charge in [-0.2, -0.15) is 0 Å². The molecule has 0 N–H and O–H groups in total. The van der Waals surface area contributed by atoms with Gasteiger partial charge in [0, 0.05) is 0 Å². The van der Waals surface area contributed by atoms with Gasteiger partial charge in [0.2, 0.25) is 0 Å². The summed E-state index contributed by atoms with van der Waals surface area (Å²) in [5.41, 5.74) is 1.19. The van der Waals surface area contributed by atoms with Crippen molar-refractivity contribution < 1.29 is 9.47 Å². The zero-order valence-corrected chi connectivity index (χ0v) is 10.4. The van der Waals surface area contributed by atoms with Crippen molar-refractivity contribution in [1.29, 1.82) is 0 Å². The monoisotopic (exact) mass is 270 g/mol. The summed E-state index contributed by atoms with van der Waals surface area (Å²) in [6, 6.07) is 6.06. The molecule has 0 unspecified atom stereocenters. The molecular weight excluding hydrogens is 256 g/mol. The molecule has 1 saturated carbocycles. The number of ether oxygens (including phenoxy) is 2. The lowest BCUT2D eigenvalue weighted by Gasteiger charge is -2.25. The lowest BCUT2D eigenvalue weighted by atomic mass is 9.96. The first-order chi connectivity index (χ1) is 7.29. The Bertz CT molecular complexity index is 334. The second-order valence-corrected chi connectivity index (χ2v) is 4.69. The average molecular weight is 271 g/mol. The van der Waals surface area contributed by atoms with Crippen molar-refractivity contribution in [3.05, 3.63) is 28.2 Å². The quantitative estimate of drug-likeness (QED) is 0.834. The van der Waals surface area contributed by atoms with Crippen LogP contribution in [0.25, 0.3) is 0 Å². The maximum atomic E-state index is 5.73. The highest BCUT2D eigenvalue weighted by Crippen LogP contribution is 2.27. The molecular formula is C12H15BrO2. The molecule has 0 spiro atoms. The lowest BCUT2D eigenvalue weighted by Crippen LogP contribution is -2.21. The van der Waals surface area contributed by atoms with Crippen molar-refractivity contribution in [2.24, 2.45) is 0 Å². The molecule has 0 aromatic heterocycles. The minimum Gasteiger partial charge on any atom is -0.496 e. The zero-order valence-electron chi connectivity index (χ0n) is 8.83. The van der Waals surface area contributed by atoms with Crippen LogP contribution in [0.2, 0.25) is 0 Å². The van der Waals surface area contributed by atoms with E-state index in [9.17, 15) is 0 Å². The van der Waals surface area contributed by atoms with E-state index < -0.39 is 0 Å². The maximum absolute atomic E-state index is 5.73. The van der Waals surface area contributed by atoms with Crippen molar-refractivity contribution in [3.63, 3.8) is 0 Å². The standard InChI is InChI=1S/C12H15BrO2/c1-14-12-6-5-9(7-11(12)13)8-15-10-3-2-4-10/h5-7,10H,2-4,8H2,1H3. The minimum absolute atomic E-state index is 0.492. The summed E-state index contributed by atoms with van der Waals surface area (Å²) in [5, 5.41) is 0. The van der Waals surface area contributed by atoms with Crippen molar-refractivity contribution in [2.45, 2.75) is 32.0 Å². The molecule has 2 rings (SSSR count). The SMILES string of the molecule is COc1ccc(COC2CCC2)cc1Br. The third kappa shape index (κ3) is 2.73. The number of methoxy groups -OCH3 is 1. The highest BCUT2D eigenvalue weighted by molar-refractivity contribution is 9.10. The van der Waals surface area contributed by atoms with Crippen LogP contribution < -0.4 is 4.74 Å². The molecule has 3 heteroatoms. The van der Waals surface area contributed by atoms with E-state index in [1.165, 1.54) is 24.8 Å². The molecule has 1 aromatic rings. The van der Waals surface area contributed by atoms with E-state index in [1.807, 2.05) is 12.1 Å². The highest BCUT2D eigenvalue weighted by Gasteiger charge is 2.17. The molecule has 0 amide bonds. The van der Waals surface area contributed by atoms with Gasteiger partial charge in [-0.1, -0.05) is 6.07 Å². The summed E-state index contributed by atoms with van der Waals surface area (Å²) in [6.45, 7) is 0.702. The summed E-state index contributed by atoms with van der Waals surface area (Å²) in [7, 11) is 1.67. The number of rotatable bonds is 4. The first kappa shape index (κ1) is 11.0. The highest BCUT2D eigenvalue weighted by atomic mass is 79.9. The summed E-state index contributed by atoms with van der Waals surface area (Å²) in [4.78, 5) is 0. The van der Waals surface area contributed by atoms with Crippen LogP contribution in [0.3, 0.4) is 0 Å². The van der Waals surface area contributed by atoms with Crippen LogP contribution in [0, 0.1) is 0 Å². The Labute approximate surface area is 98.7 Å². The maximum Gasteiger partial charge on any atom is 0.133 e. The second kappa shape index (κ2) is 4.99. The predicted octanol–water partition coefficient (Wildman–Crippen LogP) is 3.53. The van der Waals surface area contributed by atoms with Crippen LogP contribution in [0.4, 0.5) is 0 Å². The van der Waals surface area contributed by atoms with Gasteiger partial charge in [-0.15, -0.1) is 0 Å². The Morgan fingerprint density at radius 2 is 2.20 bits per heavy atom. The molecule has 0 radical (unpaired) electrons. The number of hydrogen-bond donors (Lipinski definition) is 0. The van der Waals surface area contributed by atoms with Gasteiger partial charge in [-0.25, -0.2) is 0 Å². The smallest absolute Gasteiger partial charge is 0.133 e. The van der Waals surface area contributed by atoms with Gasteiger partial charge in [0.05, 0.1) is 24.3 Å². The van der Waals surface area contributed by atoms with Crippen LogP contribution in [0.1, 0.15) is 24.8 Å². The van der Waals surface area contributed by atoms with Crippen LogP contribution in [-0.2, 0) is 11.3 Å². The Morgan fingerprint density at radius 3 is 2.73 bits per heavy atom. The summed E-state index contributed by atoms with van der Waals surface area (Å²) in [5.74, 6) is 0.863. The van der Waals surface area contributed by atoms with Crippen LogP contribution in [-0.4, -0.2) is 13.2 Å². The van der Waals surface area contributed by atoms with E-state index in [0.29, 0.717) is 12.7 Å². The number of halogens is 1. The third-order valence-electron chi connectivity index (χ3n) is 2.75. The van der Waals surface area contributed by atoms with Gasteiger partial charge in [0.1, 0.15) is 5.75 Å². The molecule has 15 heavy (non-hydrogen) atoms. The first-order valence-corrected chi connectivity index (χ1v) is 6.03. The van der Waals surface area contributed by atoms with Gasteiger partial charge >= 0.3 is 0 Å². The molecule has 0 atom stereocenters. The first-order valence-electron chi connectivity index (χ1n) is 5.23. The Morgan fingerprint density at radius 1 is 1.40 bits per heavy atom. The molecule has 82 valence electrons. The van der Waals surface area contributed by atoms with Crippen LogP contribution >= 0.6 is 15.9 Å². The minimum atomic E-state index is 0.492. The van der Waals surface area contributed by atoms with Crippen LogP contribution in [0.5, 0.6) is 5.75 Å². The fourth-order valence-corrected chi connectivity index (χ4v) is 2.14. The third-order valence-corrected chi connectivity index (χ3v) is 3.37. The fraction of sp³-hybridized carbons (Fsp3) is 0.500. The lowest BCUT2D eigenvalue weighted by molar-refractivity contribution is -0.00869. The van der Waals surface area contributed by atoms with Gasteiger partial charge in [0.15, 0.2) is 0 Å². The molecule has 2 nitrogen and oxygen atoms in total. The predicted molar refractivity (Wildman–Crippen MR) is 63.1 cm³/mol. The molecule has 1 aliphatic carbocycles. The van der Waals surface area contributed by atoms with E-state index in [4.69, 9.17) is 9.47 Å². The molecule has 1 fully saturated rings.